The van der Waals surface area contributed by atoms with Gasteiger partial charge < -0.3 is 26.0 Å². The first-order valence-corrected chi connectivity index (χ1v) is 4.98. The SMILES string of the molecule is COc1cc(CC(N)C(=O)O)cc(OC)c1N. The van der Waals surface area contributed by atoms with E-state index in [0.717, 1.165) is 0 Å². The van der Waals surface area contributed by atoms with E-state index in [0.29, 0.717) is 22.7 Å². The van der Waals surface area contributed by atoms with Crippen molar-refractivity contribution in [2.45, 2.75) is 12.5 Å². The van der Waals surface area contributed by atoms with E-state index in [9.17, 15) is 4.79 Å². The molecule has 0 amide bonds. The summed E-state index contributed by atoms with van der Waals surface area (Å²) in [6, 6.07) is 2.34. The summed E-state index contributed by atoms with van der Waals surface area (Å²) in [5, 5.41) is 8.74. The monoisotopic (exact) mass is 240 g/mol. The van der Waals surface area contributed by atoms with Gasteiger partial charge in [-0.05, 0) is 24.1 Å². The Balaban J connectivity index is 3.05. The third-order valence-corrected chi connectivity index (χ3v) is 2.38. The Morgan fingerprint density at radius 2 is 1.82 bits per heavy atom. The lowest BCUT2D eigenvalue weighted by Gasteiger charge is -2.13. The van der Waals surface area contributed by atoms with E-state index in [4.69, 9.17) is 26.0 Å². The molecule has 94 valence electrons. The molecule has 1 rings (SSSR count). The van der Waals surface area contributed by atoms with Crippen LogP contribution in [0.15, 0.2) is 12.1 Å². The van der Waals surface area contributed by atoms with Crippen molar-refractivity contribution in [2.75, 3.05) is 20.0 Å². The lowest BCUT2D eigenvalue weighted by Crippen LogP contribution is -2.32. The second-order valence-electron chi connectivity index (χ2n) is 3.56. The zero-order chi connectivity index (χ0) is 13.0. The highest BCUT2D eigenvalue weighted by Crippen LogP contribution is 2.33. The van der Waals surface area contributed by atoms with Crippen molar-refractivity contribution in [1.82, 2.24) is 0 Å². The molecule has 6 heteroatoms. The Morgan fingerprint density at radius 1 is 1.35 bits per heavy atom. The number of nitrogens with two attached hydrogens (primary N) is 2. The van der Waals surface area contributed by atoms with Crippen molar-refractivity contribution < 1.29 is 19.4 Å². The van der Waals surface area contributed by atoms with E-state index in [1.165, 1.54) is 14.2 Å². The van der Waals surface area contributed by atoms with Crippen LogP contribution in [0.1, 0.15) is 5.56 Å². The van der Waals surface area contributed by atoms with Crippen molar-refractivity contribution in [2.24, 2.45) is 5.73 Å². The minimum absolute atomic E-state index is 0.183. The number of aliphatic carboxylic acids is 1. The summed E-state index contributed by atoms with van der Waals surface area (Å²) in [7, 11) is 2.96. The number of carboxylic acids is 1. The summed E-state index contributed by atoms with van der Waals surface area (Å²) in [6.45, 7) is 0. The summed E-state index contributed by atoms with van der Waals surface area (Å²) in [6.07, 6.45) is 0.183. The van der Waals surface area contributed by atoms with Crippen molar-refractivity contribution in [1.29, 1.82) is 0 Å². The average Bonchev–Trinajstić information content (AvgIpc) is 2.30. The van der Waals surface area contributed by atoms with Crippen LogP contribution in [0.4, 0.5) is 5.69 Å². The molecule has 0 saturated heterocycles. The fraction of sp³-hybridized carbons (Fsp3) is 0.364. The maximum absolute atomic E-state index is 10.7. The Kier molecular flexibility index (Phi) is 4.17. The van der Waals surface area contributed by atoms with Crippen LogP contribution in [0.5, 0.6) is 11.5 Å². The fourth-order valence-corrected chi connectivity index (χ4v) is 1.45. The van der Waals surface area contributed by atoms with E-state index >= 15 is 0 Å². The van der Waals surface area contributed by atoms with Crippen LogP contribution in [0.2, 0.25) is 0 Å². The number of rotatable bonds is 5. The van der Waals surface area contributed by atoms with Gasteiger partial charge in [-0.25, -0.2) is 0 Å². The van der Waals surface area contributed by atoms with Crippen LogP contribution in [-0.4, -0.2) is 31.3 Å². The molecule has 1 aromatic rings. The first kappa shape index (κ1) is 13.1. The summed E-state index contributed by atoms with van der Waals surface area (Å²) >= 11 is 0. The maximum Gasteiger partial charge on any atom is 0.320 e. The second kappa shape index (κ2) is 5.40. The molecule has 17 heavy (non-hydrogen) atoms. The van der Waals surface area contributed by atoms with Gasteiger partial charge in [0.25, 0.3) is 0 Å². The topological polar surface area (TPSA) is 108 Å². The first-order valence-electron chi connectivity index (χ1n) is 4.98. The standard InChI is InChI=1S/C11H16N2O4/c1-16-8-4-6(3-7(12)11(14)15)5-9(17-2)10(8)13/h4-5,7H,3,12-13H2,1-2H3,(H,14,15). The fourth-order valence-electron chi connectivity index (χ4n) is 1.45. The van der Waals surface area contributed by atoms with E-state index in [-0.39, 0.29) is 6.42 Å². The van der Waals surface area contributed by atoms with Gasteiger partial charge in [0.1, 0.15) is 23.2 Å². The number of hydrogen-bond acceptors (Lipinski definition) is 5. The number of carboxylic acid groups (broad SMARTS) is 1. The van der Waals surface area contributed by atoms with Crippen LogP contribution < -0.4 is 20.9 Å². The van der Waals surface area contributed by atoms with Gasteiger partial charge in [-0.15, -0.1) is 0 Å². The van der Waals surface area contributed by atoms with Gasteiger partial charge >= 0.3 is 5.97 Å². The Labute approximate surface area is 99.1 Å². The summed E-state index contributed by atoms with van der Waals surface area (Å²) in [4.78, 5) is 10.7. The lowest BCUT2D eigenvalue weighted by molar-refractivity contribution is -0.138. The molecule has 0 bridgehead atoms. The zero-order valence-electron chi connectivity index (χ0n) is 9.77. The summed E-state index contributed by atoms with van der Waals surface area (Å²) in [5.74, 6) is -0.173. The highest BCUT2D eigenvalue weighted by Gasteiger charge is 2.15. The minimum atomic E-state index is -1.06. The van der Waals surface area contributed by atoms with Gasteiger partial charge in [-0.3, -0.25) is 4.79 Å². The Bertz CT molecular complexity index is 395. The number of carbonyl (C=O) groups is 1. The molecule has 0 aromatic heterocycles. The van der Waals surface area contributed by atoms with E-state index in [2.05, 4.69) is 0 Å². The molecular formula is C11H16N2O4. The third kappa shape index (κ3) is 3.01. The molecule has 1 unspecified atom stereocenters. The number of nitrogen functional groups attached to an aromatic ring is 1. The molecule has 5 N–H and O–H groups in total. The van der Waals surface area contributed by atoms with Crippen LogP contribution >= 0.6 is 0 Å². The molecular weight excluding hydrogens is 224 g/mol. The largest absolute Gasteiger partial charge is 0.494 e. The van der Waals surface area contributed by atoms with Crippen LogP contribution in [-0.2, 0) is 11.2 Å². The predicted octanol–water partition coefficient (Wildman–Crippen LogP) is 0.240. The molecule has 0 radical (unpaired) electrons. The highest BCUT2D eigenvalue weighted by atomic mass is 16.5. The van der Waals surface area contributed by atoms with Gasteiger partial charge in [-0.2, -0.15) is 0 Å². The molecule has 6 nitrogen and oxygen atoms in total. The molecule has 0 aliphatic rings. The normalized spacial score (nSPS) is 11.9. The van der Waals surface area contributed by atoms with Crippen molar-refractivity contribution in [3.8, 4) is 11.5 Å². The number of benzene rings is 1. The van der Waals surface area contributed by atoms with Crippen LogP contribution in [0.25, 0.3) is 0 Å². The molecule has 0 saturated carbocycles. The van der Waals surface area contributed by atoms with E-state index in [1.807, 2.05) is 0 Å². The van der Waals surface area contributed by atoms with E-state index in [1.54, 1.807) is 12.1 Å². The highest BCUT2D eigenvalue weighted by molar-refractivity contribution is 5.74. The molecule has 0 aliphatic carbocycles. The minimum Gasteiger partial charge on any atom is -0.494 e. The maximum atomic E-state index is 10.7. The molecule has 1 atom stereocenters. The number of methoxy groups -OCH3 is 2. The second-order valence-corrected chi connectivity index (χ2v) is 3.56. The lowest BCUT2D eigenvalue weighted by atomic mass is 10.1. The van der Waals surface area contributed by atoms with Gasteiger partial charge in [0, 0.05) is 0 Å². The van der Waals surface area contributed by atoms with Crippen LogP contribution in [0.3, 0.4) is 0 Å². The first-order chi connectivity index (χ1) is 7.99. The molecule has 0 aliphatic heterocycles. The third-order valence-electron chi connectivity index (χ3n) is 2.38. The van der Waals surface area contributed by atoms with Gasteiger partial charge in [0.2, 0.25) is 0 Å². The van der Waals surface area contributed by atoms with Gasteiger partial charge in [-0.1, -0.05) is 0 Å². The van der Waals surface area contributed by atoms with E-state index < -0.39 is 12.0 Å². The Hall–Kier alpha value is -1.95. The molecule has 1 aromatic carbocycles. The molecule has 0 spiro atoms. The van der Waals surface area contributed by atoms with Crippen molar-refractivity contribution >= 4 is 11.7 Å². The quantitative estimate of drug-likeness (QED) is 0.636. The van der Waals surface area contributed by atoms with Crippen molar-refractivity contribution in [3.05, 3.63) is 17.7 Å². The van der Waals surface area contributed by atoms with Gasteiger partial charge in [0.05, 0.1) is 14.2 Å². The molecule has 0 heterocycles. The number of anilines is 1. The number of ether oxygens (including phenoxy) is 2. The Morgan fingerprint density at radius 3 is 2.18 bits per heavy atom. The zero-order valence-corrected chi connectivity index (χ0v) is 9.77. The number of hydrogen-bond donors (Lipinski definition) is 3. The summed E-state index contributed by atoms with van der Waals surface area (Å²) < 4.78 is 10.2. The predicted molar refractivity (Wildman–Crippen MR) is 63.3 cm³/mol. The smallest absolute Gasteiger partial charge is 0.320 e. The molecule has 0 fully saturated rings. The van der Waals surface area contributed by atoms with Gasteiger partial charge in [0.15, 0.2) is 0 Å². The average molecular weight is 240 g/mol. The van der Waals surface area contributed by atoms with Crippen molar-refractivity contribution in [3.63, 3.8) is 0 Å². The van der Waals surface area contributed by atoms with Crippen LogP contribution in [0, 0.1) is 0 Å². The summed E-state index contributed by atoms with van der Waals surface area (Å²) in [5.41, 5.74) is 12.3.